The van der Waals surface area contributed by atoms with Crippen LogP contribution < -0.4 is 0 Å². The number of rotatable bonds is 3. The van der Waals surface area contributed by atoms with Crippen molar-refractivity contribution >= 4 is 6.08 Å². The summed E-state index contributed by atoms with van der Waals surface area (Å²) in [6, 6.07) is 8.98. The largest absolute Gasteiger partial charge is 0.348 e. The summed E-state index contributed by atoms with van der Waals surface area (Å²) in [6.07, 6.45) is 1.04. The van der Waals surface area contributed by atoms with E-state index in [1.807, 2.05) is 6.07 Å². The van der Waals surface area contributed by atoms with Crippen LogP contribution in [0.15, 0.2) is 36.4 Å². The zero-order chi connectivity index (χ0) is 13.2. The molecule has 1 aromatic carbocycles. The first kappa shape index (κ1) is 13.2. The smallest absolute Gasteiger partial charge is 0.294 e. The van der Waals surface area contributed by atoms with Crippen LogP contribution in [0.4, 0.5) is 8.78 Å². The maximum atomic E-state index is 13.9. The standard InChI is InChI=1S/C14H16F2O2/c1-13(2)17-10-12(18-13)14(15,16)9-8-11-6-4-3-5-7-11/h3-9,12H,10H2,1-2H3/b9-8+. The summed E-state index contributed by atoms with van der Waals surface area (Å²) in [5.74, 6) is -3.97. The van der Waals surface area contributed by atoms with Gasteiger partial charge in [0.2, 0.25) is 0 Å². The molecule has 2 rings (SSSR count). The van der Waals surface area contributed by atoms with Gasteiger partial charge in [-0.1, -0.05) is 36.4 Å². The van der Waals surface area contributed by atoms with Crippen LogP contribution in [0.3, 0.4) is 0 Å². The SMILES string of the molecule is CC1(C)OCC(C(F)(F)/C=C/c2ccccc2)O1. The van der Waals surface area contributed by atoms with E-state index in [-0.39, 0.29) is 6.61 Å². The lowest BCUT2D eigenvalue weighted by molar-refractivity contribution is -0.169. The maximum Gasteiger partial charge on any atom is 0.294 e. The van der Waals surface area contributed by atoms with Gasteiger partial charge in [-0.2, -0.15) is 8.78 Å². The highest BCUT2D eigenvalue weighted by Crippen LogP contribution is 2.33. The van der Waals surface area contributed by atoms with E-state index in [0.717, 1.165) is 11.6 Å². The van der Waals surface area contributed by atoms with Crippen molar-refractivity contribution in [2.45, 2.75) is 31.7 Å². The second-order valence-electron chi connectivity index (χ2n) is 4.74. The molecular weight excluding hydrogens is 238 g/mol. The predicted octanol–water partition coefficient (Wildman–Crippen LogP) is 3.49. The van der Waals surface area contributed by atoms with Crippen LogP contribution in [0.1, 0.15) is 19.4 Å². The molecule has 4 heteroatoms. The normalized spacial score (nSPS) is 23.7. The van der Waals surface area contributed by atoms with Crippen LogP contribution in [0.25, 0.3) is 6.08 Å². The molecule has 1 aliphatic rings. The lowest BCUT2D eigenvalue weighted by atomic mass is 10.1. The highest BCUT2D eigenvalue weighted by atomic mass is 19.3. The molecule has 1 atom stereocenters. The quantitative estimate of drug-likeness (QED) is 0.822. The Labute approximate surface area is 105 Å². The second kappa shape index (κ2) is 4.78. The van der Waals surface area contributed by atoms with Gasteiger partial charge < -0.3 is 9.47 Å². The molecule has 0 amide bonds. The van der Waals surface area contributed by atoms with Gasteiger partial charge in [-0.25, -0.2) is 0 Å². The molecule has 1 aliphatic heterocycles. The van der Waals surface area contributed by atoms with Crippen LogP contribution in [0, 0.1) is 0 Å². The topological polar surface area (TPSA) is 18.5 Å². The predicted molar refractivity (Wildman–Crippen MR) is 65.3 cm³/mol. The van der Waals surface area contributed by atoms with Crippen molar-refractivity contribution in [2.75, 3.05) is 6.61 Å². The zero-order valence-corrected chi connectivity index (χ0v) is 10.4. The molecule has 1 heterocycles. The van der Waals surface area contributed by atoms with Crippen LogP contribution in [-0.4, -0.2) is 24.4 Å². The third-order valence-corrected chi connectivity index (χ3v) is 2.74. The molecule has 0 aliphatic carbocycles. The molecule has 0 N–H and O–H groups in total. The van der Waals surface area contributed by atoms with E-state index in [4.69, 9.17) is 9.47 Å². The Hall–Kier alpha value is -1.26. The van der Waals surface area contributed by atoms with Gasteiger partial charge in [0.15, 0.2) is 11.9 Å². The molecule has 18 heavy (non-hydrogen) atoms. The van der Waals surface area contributed by atoms with E-state index in [1.165, 1.54) is 6.08 Å². The van der Waals surface area contributed by atoms with Crippen molar-refractivity contribution in [1.82, 2.24) is 0 Å². The van der Waals surface area contributed by atoms with Gasteiger partial charge in [-0.05, 0) is 25.5 Å². The van der Waals surface area contributed by atoms with Gasteiger partial charge in [0.25, 0.3) is 5.92 Å². The summed E-state index contributed by atoms with van der Waals surface area (Å²) in [7, 11) is 0. The van der Waals surface area contributed by atoms with Gasteiger partial charge in [0.1, 0.15) is 0 Å². The molecule has 1 aromatic rings. The molecule has 98 valence electrons. The fourth-order valence-corrected chi connectivity index (χ4v) is 1.76. The minimum atomic E-state index is -3.04. The third kappa shape index (κ3) is 3.15. The van der Waals surface area contributed by atoms with Gasteiger partial charge in [-0.15, -0.1) is 0 Å². The molecule has 0 aromatic heterocycles. The van der Waals surface area contributed by atoms with E-state index in [0.29, 0.717) is 0 Å². The summed E-state index contributed by atoms with van der Waals surface area (Å²) in [5, 5.41) is 0. The molecule has 2 nitrogen and oxygen atoms in total. The monoisotopic (exact) mass is 254 g/mol. The Bertz CT molecular complexity index is 427. The molecule has 0 spiro atoms. The van der Waals surface area contributed by atoms with Crippen LogP contribution in [-0.2, 0) is 9.47 Å². The molecule has 0 radical (unpaired) electrons. The van der Waals surface area contributed by atoms with Crippen LogP contribution in [0.2, 0.25) is 0 Å². The van der Waals surface area contributed by atoms with Crippen molar-refractivity contribution in [3.8, 4) is 0 Å². The third-order valence-electron chi connectivity index (χ3n) is 2.74. The Balaban J connectivity index is 2.06. The van der Waals surface area contributed by atoms with Crippen molar-refractivity contribution in [2.24, 2.45) is 0 Å². The molecule has 1 unspecified atom stereocenters. The van der Waals surface area contributed by atoms with Crippen molar-refractivity contribution < 1.29 is 18.3 Å². The molecule has 1 saturated heterocycles. The van der Waals surface area contributed by atoms with Gasteiger partial charge >= 0.3 is 0 Å². The van der Waals surface area contributed by atoms with Gasteiger partial charge in [-0.3, -0.25) is 0 Å². The number of alkyl halides is 2. The van der Waals surface area contributed by atoms with Crippen LogP contribution >= 0.6 is 0 Å². The molecule has 0 bridgehead atoms. The van der Waals surface area contributed by atoms with Crippen LogP contribution in [0.5, 0.6) is 0 Å². The lowest BCUT2D eigenvalue weighted by Gasteiger charge is -2.21. The fourth-order valence-electron chi connectivity index (χ4n) is 1.76. The summed E-state index contributed by atoms with van der Waals surface area (Å²) >= 11 is 0. The first-order valence-electron chi connectivity index (χ1n) is 5.83. The van der Waals surface area contributed by atoms with Gasteiger partial charge in [0.05, 0.1) is 6.61 Å². The van der Waals surface area contributed by atoms with Gasteiger partial charge in [0, 0.05) is 0 Å². The Morgan fingerprint density at radius 1 is 1.28 bits per heavy atom. The number of benzene rings is 1. The Morgan fingerprint density at radius 2 is 1.94 bits per heavy atom. The summed E-state index contributed by atoms with van der Waals surface area (Å²) in [4.78, 5) is 0. The van der Waals surface area contributed by atoms with Crippen molar-refractivity contribution in [1.29, 1.82) is 0 Å². The first-order valence-corrected chi connectivity index (χ1v) is 5.83. The molecular formula is C14H16F2O2. The Kier molecular flexibility index (Phi) is 3.50. The molecule has 1 fully saturated rings. The first-order chi connectivity index (χ1) is 8.39. The summed E-state index contributed by atoms with van der Waals surface area (Å²) in [5.41, 5.74) is 0.732. The van der Waals surface area contributed by atoms with Crippen molar-refractivity contribution in [3.05, 3.63) is 42.0 Å². The highest BCUT2D eigenvalue weighted by Gasteiger charge is 2.46. The number of halogens is 2. The number of ether oxygens (including phenoxy) is 2. The highest BCUT2D eigenvalue weighted by molar-refractivity contribution is 5.50. The van der Waals surface area contributed by atoms with E-state index in [2.05, 4.69) is 0 Å². The Morgan fingerprint density at radius 3 is 2.50 bits per heavy atom. The van der Waals surface area contributed by atoms with E-state index in [1.54, 1.807) is 38.1 Å². The van der Waals surface area contributed by atoms with E-state index < -0.39 is 17.8 Å². The second-order valence-corrected chi connectivity index (χ2v) is 4.74. The zero-order valence-electron chi connectivity index (χ0n) is 10.4. The van der Waals surface area contributed by atoms with E-state index in [9.17, 15) is 8.78 Å². The lowest BCUT2D eigenvalue weighted by Crippen LogP contribution is -2.35. The van der Waals surface area contributed by atoms with E-state index >= 15 is 0 Å². The minimum Gasteiger partial charge on any atom is -0.348 e. The minimum absolute atomic E-state index is 0.0981. The fraction of sp³-hybridized carbons (Fsp3) is 0.429. The summed E-state index contributed by atoms with van der Waals surface area (Å²) in [6.45, 7) is 3.16. The average molecular weight is 254 g/mol. The average Bonchev–Trinajstić information content (AvgIpc) is 2.69. The van der Waals surface area contributed by atoms with Crippen molar-refractivity contribution in [3.63, 3.8) is 0 Å². The maximum absolute atomic E-state index is 13.9. The molecule has 0 saturated carbocycles. The number of hydrogen-bond acceptors (Lipinski definition) is 2. The summed E-state index contributed by atoms with van der Waals surface area (Å²) < 4.78 is 38.1. The number of hydrogen-bond donors (Lipinski definition) is 0.